The summed E-state index contributed by atoms with van der Waals surface area (Å²) in [5.74, 6) is -1.07. The minimum atomic E-state index is -0.819. The molecule has 0 spiro atoms. The van der Waals surface area contributed by atoms with Gasteiger partial charge >= 0.3 is 5.97 Å². The van der Waals surface area contributed by atoms with Crippen molar-refractivity contribution in [3.63, 3.8) is 0 Å². The predicted molar refractivity (Wildman–Crippen MR) is 72.5 cm³/mol. The number of carboxylic acid groups (broad SMARTS) is 1. The summed E-state index contributed by atoms with van der Waals surface area (Å²) in [4.78, 5) is 21.1. The molecule has 0 aliphatic carbocycles. The van der Waals surface area contributed by atoms with Gasteiger partial charge in [0, 0.05) is 13.0 Å². The molecule has 104 valence electrons. The molecule has 0 aliphatic rings. The number of carboxylic acids is 1. The molecule has 1 rings (SSSR count). The summed E-state index contributed by atoms with van der Waals surface area (Å²) >= 11 is 0. The van der Waals surface area contributed by atoms with E-state index >= 15 is 0 Å². The van der Waals surface area contributed by atoms with Crippen molar-refractivity contribution in [1.29, 1.82) is 0 Å². The Hall–Kier alpha value is -1.88. The molecular weight excluding hydrogens is 244 g/mol. The molecule has 1 amide bonds. The van der Waals surface area contributed by atoms with Gasteiger partial charge in [0.15, 0.2) is 0 Å². The first-order valence-electron chi connectivity index (χ1n) is 6.36. The number of hydrogen-bond donors (Lipinski definition) is 3. The number of primary amides is 1. The normalized spacial score (nSPS) is 10.3. The van der Waals surface area contributed by atoms with Crippen molar-refractivity contribution in [3.8, 4) is 0 Å². The topological polar surface area (TPSA) is 92.4 Å². The number of unbranched alkanes of at least 4 members (excludes halogenated alkanes) is 1. The zero-order valence-electron chi connectivity index (χ0n) is 10.9. The third-order valence-electron chi connectivity index (χ3n) is 2.73. The van der Waals surface area contributed by atoms with Crippen molar-refractivity contribution in [2.45, 2.75) is 32.2 Å². The van der Waals surface area contributed by atoms with Gasteiger partial charge in [0.25, 0.3) is 0 Å². The first kappa shape index (κ1) is 15.2. The molecule has 0 atom stereocenters. The van der Waals surface area contributed by atoms with Crippen LogP contribution in [0.4, 0.5) is 0 Å². The van der Waals surface area contributed by atoms with E-state index in [-0.39, 0.29) is 12.3 Å². The standard InChI is InChI=1S/C14H20N2O3/c15-13(17)3-1-2-8-16-10-12-6-4-11(5-7-12)9-14(18)19/h4-7,16H,1-3,8-10H2,(H2,15,17)(H,18,19). The zero-order chi connectivity index (χ0) is 14.1. The Balaban J connectivity index is 2.19. The number of nitrogens with two attached hydrogens (primary N) is 1. The smallest absolute Gasteiger partial charge is 0.307 e. The number of benzene rings is 1. The van der Waals surface area contributed by atoms with Gasteiger partial charge in [-0.25, -0.2) is 0 Å². The number of carbonyl (C=O) groups excluding carboxylic acids is 1. The Morgan fingerprint density at radius 1 is 1.11 bits per heavy atom. The quantitative estimate of drug-likeness (QED) is 0.581. The monoisotopic (exact) mass is 264 g/mol. The second-order valence-corrected chi connectivity index (χ2v) is 4.49. The van der Waals surface area contributed by atoms with E-state index in [0.717, 1.165) is 37.1 Å². The highest BCUT2D eigenvalue weighted by atomic mass is 16.4. The van der Waals surface area contributed by atoms with Gasteiger partial charge in [-0.2, -0.15) is 0 Å². The van der Waals surface area contributed by atoms with Crippen LogP contribution in [0.5, 0.6) is 0 Å². The van der Waals surface area contributed by atoms with Gasteiger partial charge < -0.3 is 16.2 Å². The SMILES string of the molecule is NC(=O)CCCCNCc1ccc(CC(=O)O)cc1. The zero-order valence-corrected chi connectivity index (χ0v) is 10.9. The highest BCUT2D eigenvalue weighted by molar-refractivity contribution is 5.73. The van der Waals surface area contributed by atoms with Gasteiger partial charge in [-0.05, 0) is 30.5 Å². The summed E-state index contributed by atoms with van der Waals surface area (Å²) in [6, 6.07) is 7.51. The second-order valence-electron chi connectivity index (χ2n) is 4.49. The van der Waals surface area contributed by atoms with Crippen LogP contribution in [0.15, 0.2) is 24.3 Å². The highest BCUT2D eigenvalue weighted by Crippen LogP contribution is 2.05. The van der Waals surface area contributed by atoms with Crippen LogP contribution in [-0.4, -0.2) is 23.5 Å². The van der Waals surface area contributed by atoms with Crippen LogP contribution in [0, 0.1) is 0 Å². The fraction of sp³-hybridized carbons (Fsp3) is 0.429. The Kier molecular flexibility index (Phi) is 6.60. The van der Waals surface area contributed by atoms with E-state index in [0.29, 0.717) is 6.42 Å². The molecule has 0 heterocycles. The van der Waals surface area contributed by atoms with E-state index in [1.54, 1.807) is 0 Å². The van der Waals surface area contributed by atoms with Gasteiger partial charge in [-0.1, -0.05) is 24.3 Å². The molecule has 0 saturated heterocycles. The van der Waals surface area contributed by atoms with Crippen LogP contribution in [0.1, 0.15) is 30.4 Å². The minimum absolute atomic E-state index is 0.0564. The van der Waals surface area contributed by atoms with Gasteiger partial charge in [0.2, 0.25) is 5.91 Å². The summed E-state index contributed by atoms with van der Waals surface area (Å²) in [6.45, 7) is 1.58. The highest BCUT2D eigenvalue weighted by Gasteiger charge is 2.00. The van der Waals surface area contributed by atoms with E-state index in [1.807, 2.05) is 24.3 Å². The maximum absolute atomic E-state index is 10.5. The van der Waals surface area contributed by atoms with Crippen molar-refractivity contribution < 1.29 is 14.7 Å². The molecule has 0 unspecified atom stereocenters. The Bertz CT molecular complexity index is 415. The first-order valence-corrected chi connectivity index (χ1v) is 6.36. The first-order chi connectivity index (χ1) is 9.08. The van der Waals surface area contributed by atoms with Crippen molar-refractivity contribution in [2.24, 2.45) is 5.73 Å². The summed E-state index contributed by atoms with van der Waals surface area (Å²) < 4.78 is 0. The molecule has 0 fully saturated rings. The Morgan fingerprint density at radius 3 is 2.32 bits per heavy atom. The molecule has 5 nitrogen and oxygen atoms in total. The molecule has 0 bridgehead atoms. The molecule has 0 saturated carbocycles. The van der Waals surface area contributed by atoms with Gasteiger partial charge in [-0.3, -0.25) is 9.59 Å². The third-order valence-corrected chi connectivity index (χ3v) is 2.73. The Morgan fingerprint density at radius 2 is 1.74 bits per heavy atom. The largest absolute Gasteiger partial charge is 0.481 e. The fourth-order valence-corrected chi connectivity index (χ4v) is 1.73. The van der Waals surface area contributed by atoms with E-state index in [9.17, 15) is 9.59 Å². The Labute approximate surface area is 112 Å². The predicted octanol–water partition coefficient (Wildman–Crippen LogP) is 1.06. The van der Waals surface area contributed by atoms with E-state index in [4.69, 9.17) is 10.8 Å². The number of carbonyl (C=O) groups is 2. The van der Waals surface area contributed by atoms with Crippen LogP contribution >= 0.6 is 0 Å². The summed E-state index contributed by atoms with van der Waals surface area (Å²) in [7, 11) is 0. The maximum atomic E-state index is 10.5. The molecule has 19 heavy (non-hydrogen) atoms. The lowest BCUT2D eigenvalue weighted by Crippen LogP contribution is -2.16. The average Bonchev–Trinajstić information content (AvgIpc) is 2.34. The van der Waals surface area contributed by atoms with E-state index in [1.165, 1.54) is 0 Å². The van der Waals surface area contributed by atoms with Gasteiger partial charge in [0.1, 0.15) is 0 Å². The van der Waals surface area contributed by atoms with Crippen LogP contribution < -0.4 is 11.1 Å². The summed E-state index contributed by atoms with van der Waals surface area (Å²) in [5.41, 5.74) is 6.96. The number of amides is 1. The number of nitrogens with one attached hydrogen (secondary N) is 1. The minimum Gasteiger partial charge on any atom is -0.481 e. The van der Waals surface area contributed by atoms with Gasteiger partial charge in [-0.15, -0.1) is 0 Å². The molecule has 0 aromatic heterocycles. The van der Waals surface area contributed by atoms with E-state index < -0.39 is 5.97 Å². The molecule has 0 radical (unpaired) electrons. The fourth-order valence-electron chi connectivity index (χ4n) is 1.73. The van der Waals surface area contributed by atoms with E-state index in [2.05, 4.69) is 5.32 Å². The molecule has 0 aliphatic heterocycles. The van der Waals surface area contributed by atoms with Gasteiger partial charge in [0.05, 0.1) is 6.42 Å². The summed E-state index contributed by atoms with van der Waals surface area (Å²) in [6.07, 6.45) is 2.21. The number of rotatable bonds is 9. The lowest BCUT2D eigenvalue weighted by Gasteiger charge is -2.05. The van der Waals surface area contributed by atoms with Crippen molar-refractivity contribution >= 4 is 11.9 Å². The van der Waals surface area contributed by atoms with Crippen LogP contribution in [0.2, 0.25) is 0 Å². The van der Waals surface area contributed by atoms with Crippen LogP contribution in [0.25, 0.3) is 0 Å². The van der Waals surface area contributed by atoms with Crippen molar-refractivity contribution in [3.05, 3.63) is 35.4 Å². The molecular formula is C14H20N2O3. The molecule has 1 aromatic carbocycles. The third kappa shape index (κ3) is 7.21. The number of hydrogen-bond acceptors (Lipinski definition) is 3. The lowest BCUT2D eigenvalue weighted by molar-refractivity contribution is -0.136. The number of aliphatic carboxylic acids is 1. The molecule has 5 heteroatoms. The summed E-state index contributed by atoms with van der Waals surface area (Å²) in [5, 5.41) is 11.9. The second kappa shape index (κ2) is 8.26. The average molecular weight is 264 g/mol. The molecule has 4 N–H and O–H groups in total. The lowest BCUT2D eigenvalue weighted by atomic mass is 10.1. The van der Waals surface area contributed by atoms with Crippen molar-refractivity contribution in [2.75, 3.05) is 6.54 Å². The van der Waals surface area contributed by atoms with Crippen LogP contribution in [0.3, 0.4) is 0 Å². The van der Waals surface area contributed by atoms with Crippen LogP contribution in [-0.2, 0) is 22.6 Å². The maximum Gasteiger partial charge on any atom is 0.307 e. The van der Waals surface area contributed by atoms with Crippen molar-refractivity contribution in [1.82, 2.24) is 5.32 Å². The molecule has 1 aromatic rings.